The molecule has 4 aromatic rings. The molecule has 4 aromatic carbocycles. The van der Waals surface area contributed by atoms with Crippen molar-refractivity contribution in [2.24, 2.45) is 17.8 Å². The summed E-state index contributed by atoms with van der Waals surface area (Å²) in [4.78, 5) is 67.0. The maximum atomic E-state index is 14.1. The molecule has 2 unspecified atom stereocenters. The van der Waals surface area contributed by atoms with E-state index in [1.54, 1.807) is 82.3 Å². The zero-order valence-electron chi connectivity index (χ0n) is 42.9. The zero-order valence-corrected chi connectivity index (χ0v) is 42.9. The average molecular weight is 1000 g/mol. The van der Waals surface area contributed by atoms with Crippen molar-refractivity contribution >= 4 is 30.0 Å². The fourth-order valence-corrected chi connectivity index (χ4v) is 10.1. The van der Waals surface area contributed by atoms with E-state index in [-0.39, 0.29) is 43.6 Å². The number of carbonyl (C=O) groups is 5. The minimum absolute atomic E-state index is 0.0414. The number of hydrogen-bond donors (Lipinski definition) is 1. The van der Waals surface area contributed by atoms with Gasteiger partial charge in [0.15, 0.2) is 18.2 Å². The number of fused-ring (bicyclic) bond motifs is 2. The van der Waals surface area contributed by atoms with Gasteiger partial charge in [0.25, 0.3) is 0 Å². The first-order valence-corrected chi connectivity index (χ1v) is 24.7. The largest absolute Gasteiger partial charge is 0.489 e. The van der Waals surface area contributed by atoms with Crippen LogP contribution >= 0.6 is 0 Å². The molecule has 16 heteroatoms. The molecule has 16 nitrogen and oxygen atoms in total. The van der Waals surface area contributed by atoms with Gasteiger partial charge in [-0.05, 0) is 95.2 Å². The maximum absolute atomic E-state index is 14.1. The first-order valence-electron chi connectivity index (χ1n) is 24.7. The van der Waals surface area contributed by atoms with E-state index in [9.17, 15) is 24.0 Å². The second-order valence-corrected chi connectivity index (χ2v) is 20.3. The summed E-state index contributed by atoms with van der Waals surface area (Å²) in [5, 5.41) is 3.40. The predicted octanol–water partition coefficient (Wildman–Crippen LogP) is 7.95. The van der Waals surface area contributed by atoms with Crippen molar-refractivity contribution in [1.29, 1.82) is 0 Å². The van der Waals surface area contributed by atoms with Crippen molar-refractivity contribution in [3.05, 3.63) is 148 Å². The molecule has 9 rings (SSSR count). The fraction of sp³-hybridized carbons (Fsp3) is 0.456. The van der Waals surface area contributed by atoms with Gasteiger partial charge in [0.2, 0.25) is 5.79 Å². The lowest BCUT2D eigenvalue weighted by Gasteiger charge is -2.48. The van der Waals surface area contributed by atoms with Crippen molar-refractivity contribution in [3.63, 3.8) is 0 Å². The summed E-state index contributed by atoms with van der Waals surface area (Å²) in [7, 11) is 5.32. The topological polar surface area (TPSA) is 184 Å². The first-order chi connectivity index (χ1) is 34.8. The molecule has 1 saturated heterocycles. The summed E-state index contributed by atoms with van der Waals surface area (Å²) in [6, 6.07) is 29.9. The van der Waals surface area contributed by atoms with Crippen LogP contribution in [0.1, 0.15) is 109 Å². The lowest BCUT2D eigenvalue weighted by Crippen LogP contribution is -2.60. The van der Waals surface area contributed by atoms with Gasteiger partial charge in [0.1, 0.15) is 36.9 Å². The molecule has 2 aliphatic heterocycles. The second-order valence-electron chi connectivity index (χ2n) is 20.3. The van der Waals surface area contributed by atoms with E-state index < -0.39 is 77.5 Å². The monoisotopic (exact) mass is 1000 g/mol. The van der Waals surface area contributed by atoms with Crippen LogP contribution in [-0.2, 0) is 60.7 Å². The Morgan fingerprint density at radius 2 is 1.58 bits per heavy atom. The van der Waals surface area contributed by atoms with Gasteiger partial charge in [-0.2, -0.15) is 0 Å². The minimum atomic E-state index is -1.31. The molecule has 1 N–H and O–H groups in total. The molecule has 0 amide bonds. The SMILES string of the molecule is CO[C@](C)(C[C@@H](C)C=O)[C@H](O[C@@H]1O[C@H](C2CC2(NCOC(=O)c2ccccc2)OCc2ccc(OCc3ccc4cc3C4=O)cc2)C[C@H](N(C)C)[C@H]1OC(=O)c1ccccc1)[C@@H](C)C1=C(C)C(=O)OC(C)(C)O1. The quantitative estimate of drug-likeness (QED) is 0.0288. The van der Waals surface area contributed by atoms with E-state index >= 15 is 0 Å². The maximum Gasteiger partial charge on any atom is 0.340 e. The number of benzene rings is 4. The summed E-state index contributed by atoms with van der Waals surface area (Å²) in [5.74, 6) is -3.52. The highest BCUT2D eigenvalue weighted by molar-refractivity contribution is 6.17. The highest BCUT2D eigenvalue weighted by Crippen LogP contribution is 2.52. The molecule has 1 saturated carbocycles. The van der Waals surface area contributed by atoms with Crippen LogP contribution < -0.4 is 10.1 Å². The lowest BCUT2D eigenvalue weighted by atomic mass is 9.80. The molecule has 3 aliphatic carbocycles. The normalized spacial score (nSPS) is 25.0. The van der Waals surface area contributed by atoms with Crippen LogP contribution in [0.5, 0.6) is 5.75 Å². The summed E-state index contributed by atoms with van der Waals surface area (Å²) in [6.07, 6.45) is -2.02. The van der Waals surface area contributed by atoms with Gasteiger partial charge in [0.05, 0.1) is 47.2 Å². The fourth-order valence-electron chi connectivity index (χ4n) is 10.1. The van der Waals surface area contributed by atoms with Gasteiger partial charge >= 0.3 is 17.9 Å². The summed E-state index contributed by atoms with van der Waals surface area (Å²) in [6.45, 7) is 10.6. The third kappa shape index (κ3) is 11.9. The number of ether oxygens (including phenoxy) is 9. The lowest BCUT2D eigenvalue weighted by molar-refractivity contribution is -0.304. The highest BCUT2D eigenvalue weighted by Gasteiger charge is 2.63. The van der Waals surface area contributed by atoms with Gasteiger partial charge in [-0.3, -0.25) is 10.1 Å². The molecule has 5 aliphatic rings. The number of cyclic esters (lactones) is 1. The number of aldehydes is 1. The van der Waals surface area contributed by atoms with E-state index in [0.717, 1.165) is 17.4 Å². The Bertz CT molecular complexity index is 2670. The van der Waals surface area contributed by atoms with Gasteiger partial charge in [-0.1, -0.05) is 74.5 Å². The Morgan fingerprint density at radius 1 is 0.904 bits per heavy atom. The minimum Gasteiger partial charge on any atom is -0.489 e. The van der Waals surface area contributed by atoms with Gasteiger partial charge in [-0.25, -0.2) is 14.4 Å². The summed E-state index contributed by atoms with van der Waals surface area (Å²) in [5.41, 5.74) is 1.75. The Hall–Kier alpha value is -6.27. The highest BCUT2D eigenvalue weighted by atomic mass is 16.7. The van der Waals surface area contributed by atoms with Gasteiger partial charge < -0.3 is 52.3 Å². The van der Waals surface area contributed by atoms with Crippen LogP contribution in [0.15, 0.2) is 114 Å². The molecule has 0 aromatic heterocycles. The number of nitrogens with one attached hydrogen (secondary N) is 1. The van der Waals surface area contributed by atoms with E-state index in [0.29, 0.717) is 46.6 Å². The number of ketones is 1. The number of hydrogen-bond acceptors (Lipinski definition) is 16. The van der Waals surface area contributed by atoms with Crippen LogP contribution in [0.2, 0.25) is 0 Å². The van der Waals surface area contributed by atoms with E-state index in [1.165, 1.54) is 7.11 Å². The molecule has 2 bridgehead atoms. The predicted molar refractivity (Wildman–Crippen MR) is 266 cm³/mol. The molecular weight excluding hydrogens is 937 g/mol. The smallest absolute Gasteiger partial charge is 0.340 e. The van der Waals surface area contributed by atoms with Crippen molar-refractivity contribution < 1.29 is 66.6 Å². The second kappa shape index (κ2) is 22.1. The third-order valence-electron chi connectivity index (χ3n) is 14.3. The van der Waals surface area contributed by atoms with Crippen LogP contribution in [0.3, 0.4) is 0 Å². The Labute approximate surface area is 426 Å². The number of carbonyl (C=O) groups excluding carboxylic acids is 5. The molecule has 388 valence electrons. The number of nitrogens with zero attached hydrogens (tertiary/aromatic N) is 1. The molecule has 0 spiro atoms. The van der Waals surface area contributed by atoms with Crippen molar-refractivity contribution in [2.45, 2.75) is 122 Å². The number of likely N-dealkylation sites (N-methyl/N-ethyl adjacent to an activating group) is 1. The molecule has 10 atom stereocenters. The number of methoxy groups -OCH3 is 1. The van der Waals surface area contributed by atoms with Gasteiger partial charge in [0, 0.05) is 55.4 Å². The summed E-state index contributed by atoms with van der Waals surface area (Å²) >= 11 is 0. The van der Waals surface area contributed by atoms with Crippen LogP contribution in [-0.4, -0.2) is 111 Å². The van der Waals surface area contributed by atoms with Crippen LogP contribution in [0, 0.1) is 17.8 Å². The van der Waals surface area contributed by atoms with Crippen molar-refractivity contribution in [2.75, 3.05) is 27.9 Å². The van der Waals surface area contributed by atoms with Crippen LogP contribution in [0.4, 0.5) is 0 Å². The number of rotatable bonds is 23. The molecule has 2 fully saturated rings. The summed E-state index contributed by atoms with van der Waals surface area (Å²) < 4.78 is 57.6. The molecule has 73 heavy (non-hydrogen) atoms. The van der Waals surface area contributed by atoms with E-state index in [2.05, 4.69) is 5.32 Å². The Kier molecular flexibility index (Phi) is 16.0. The van der Waals surface area contributed by atoms with Crippen LogP contribution in [0.25, 0.3) is 0 Å². The standard InChI is InChI=1S/C57H66N2O14/c1-34(30-60)28-56(6,65-9)50(35(2)48-36(3)51(62)73-55(4,5)72-48)71-54-49(70-53(64)39-18-14-11-15-19-39)45(59(7)8)27-46(69-54)44-29-57(44,58-33-67-52(63)38-16-12-10-13-17-38)68-31-37-20-24-42(25-21-37)66-32-41-23-22-40-26-43(41)47(40)61/h10-26,30,34-35,44-46,49-50,54,58H,27-29,31-33H2,1-9H3/t34-,35+,44?,45+,46+,49-,50-,54+,56-,57?/m1/s1. The average Bonchev–Trinajstić information content (AvgIpc) is 4.11. The van der Waals surface area contributed by atoms with Gasteiger partial charge in [-0.15, -0.1) is 0 Å². The molecule has 0 radical (unpaired) electrons. The third-order valence-corrected chi connectivity index (χ3v) is 14.3. The first kappa shape index (κ1) is 53.0. The Morgan fingerprint density at radius 3 is 2.19 bits per heavy atom. The zero-order chi connectivity index (χ0) is 52.2. The Balaban J connectivity index is 1.10. The number of esters is 3. The van der Waals surface area contributed by atoms with E-state index in [1.807, 2.05) is 81.4 Å². The van der Waals surface area contributed by atoms with E-state index in [4.69, 9.17) is 42.6 Å². The molecular formula is C57H66N2O14. The van der Waals surface area contributed by atoms with Crippen molar-refractivity contribution in [3.8, 4) is 5.75 Å². The van der Waals surface area contributed by atoms with Crippen molar-refractivity contribution in [1.82, 2.24) is 10.2 Å². The molecule has 2 heterocycles.